The van der Waals surface area contributed by atoms with Crippen LogP contribution in [0, 0.1) is 17.1 Å². The summed E-state index contributed by atoms with van der Waals surface area (Å²) in [6, 6.07) is 11.6. The minimum atomic E-state index is -5.40. The molecule has 4 aliphatic rings. The van der Waals surface area contributed by atoms with Gasteiger partial charge in [0.15, 0.2) is 17.3 Å². The topological polar surface area (TPSA) is 243 Å². The Morgan fingerprint density at radius 1 is 1.04 bits per heavy atom. The molecule has 1 unspecified atom stereocenters. The van der Waals surface area contributed by atoms with Gasteiger partial charge in [-0.25, -0.2) is 14.2 Å². The van der Waals surface area contributed by atoms with Gasteiger partial charge in [-0.15, -0.1) is 0 Å². The zero-order valence-electron chi connectivity index (χ0n) is 36.4. The second kappa shape index (κ2) is 18.8. The van der Waals surface area contributed by atoms with E-state index in [1.165, 1.54) is 47.1 Å². The Morgan fingerprint density at radius 2 is 1.79 bits per heavy atom. The molecule has 20 nitrogen and oxygen atoms in total. The Balaban J connectivity index is 0.871. The predicted octanol–water partition coefficient (Wildman–Crippen LogP) is 4.05. The normalized spacial score (nSPS) is 19.4. The van der Waals surface area contributed by atoms with Gasteiger partial charge in [-0.1, -0.05) is 16.9 Å². The van der Waals surface area contributed by atoms with Crippen LogP contribution in [0.15, 0.2) is 59.7 Å². The molecule has 0 radical (unpaired) electrons. The van der Waals surface area contributed by atoms with Crippen LogP contribution in [0.25, 0.3) is 10.9 Å². The molecule has 0 aliphatic carbocycles. The molecule has 0 saturated carbocycles. The number of likely N-dealkylation sites (tertiary alicyclic amines) is 2. The number of anilines is 2. The molecule has 4 aliphatic heterocycles. The van der Waals surface area contributed by atoms with Gasteiger partial charge in [-0.2, -0.15) is 26.4 Å². The van der Waals surface area contributed by atoms with E-state index in [4.69, 9.17) is 13.7 Å². The molecule has 1 spiro atoms. The van der Waals surface area contributed by atoms with Crippen LogP contribution in [0.5, 0.6) is 17.2 Å². The second-order valence-corrected chi connectivity index (χ2v) is 19.6. The maximum atomic E-state index is 15.1. The summed E-state index contributed by atoms with van der Waals surface area (Å²) in [5, 5.41) is 12.3. The fraction of sp³-hybridized carbons (Fsp3) is 0.442. The first-order chi connectivity index (χ1) is 31.9. The quantitative estimate of drug-likeness (QED) is 0.180. The summed E-state index contributed by atoms with van der Waals surface area (Å²) in [7, 11) is -8.11. The number of imide groups is 1. The highest BCUT2D eigenvalue weighted by molar-refractivity contribution is 7.90. The van der Waals surface area contributed by atoms with E-state index in [0.29, 0.717) is 69.4 Å². The zero-order valence-corrected chi connectivity index (χ0v) is 38.1. The smallest absolute Gasteiger partial charge is 0.453 e. The van der Waals surface area contributed by atoms with Crippen LogP contribution in [-0.4, -0.2) is 123 Å². The number of ether oxygens (including phenoxy) is 2. The Morgan fingerprint density at radius 3 is 2.48 bits per heavy atom. The van der Waals surface area contributed by atoms with Crippen LogP contribution in [0.2, 0.25) is 0 Å². The number of fused-ring (bicyclic) bond motifs is 1. The number of amides is 4. The fourth-order valence-corrected chi connectivity index (χ4v) is 10.3. The molecule has 4 aromatic rings. The van der Waals surface area contributed by atoms with Crippen LogP contribution in [0.4, 0.5) is 24.4 Å². The van der Waals surface area contributed by atoms with Crippen molar-refractivity contribution >= 4 is 60.8 Å². The lowest BCUT2D eigenvalue weighted by Crippen LogP contribution is -2.50. The molecule has 24 heteroatoms. The number of nitrogens with one attached hydrogen (secondary N) is 2. The predicted molar refractivity (Wildman–Crippen MR) is 237 cm³/mol. The molecule has 4 saturated heterocycles. The largest absolute Gasteiger partial charge is 0.488 e. The molecule has 356 valence electrons. The van der Waals surface area contributed by atoms with E-state index < -0.39 is 60.9 Å². The van der Waals surface area contributed by atoms with Crippen LogP contribution in [0.1, 0.15) is 68.5 Å². The van der Waals surface area contributed by atoms with E-state index in [-0.39, 0.29) is 78.8 Å². The lowest BCUT2D eigenvalue weighted by atomic mass is 9.87. The number of carbonyl (C=O) groups is 3. The molecule has 2 N–H and O–H groups in total. The van der Waals surface area contributed by atoms with Crippen molar-refractivity contribution < 1.29 is 53.2 Å². The number of nitriles is 1. The molecule has 67 heavy (non-hydrogen) atoms. The highest BCUT2D eigenvalue weighted by Crippen LogP contribution is 2.42. The minimum Gasteiger partial charge on any atom is -0.453 e. The summed E-state index contributed by atoms with van der Waals surface area (Å²) in [5.41, 5.74) is -0.547. The van der Waals surface area contributed by atoms with Gasteiger partial charge in [0, 0.05) is 51.4 Å². The third-order valence-electron chi connectivity index (χ3n) is 12.8. The number of carbonyl (C=O) groups excluding carboxylic acids is 3. The van der Waals surface area contributed by atoms with E-state index >= 15 is 4.39 Å². The van der Waals surface area contributed by atoms with Gasteiger partial charge in [0.1, 0.15) is 17.4 Å². The summed E-state index contributed by atoms with van der Waals surface area (Å²) in [6.45, 7) is 4.05. The van der Waals surface area contributed by atoms with E-state index in [0.717, 1.165) is 16.4 Å². The number of halogens is 2. The average molecular weight is 968 g/mol. The van der Waals surface area contributed by atoms with E-state index in [2.05, 4.69) is 15.0 Å². The number of piperidine rings is 2. The third-order valence-corrected chi connectivity index (χ3v) is 14.8. The molecule has 8 rings (SSSR count). The molecule has 3 aromatic carbocycles. The Labute approximate surface area is 384 Å². The number of hydrogen-bond acceptors (Lipinski definition) is 14. The standard InChI is InChI=1S/C43H47F2N9O11S2/c1-3-50(2)67(61,62)49-36-9-7-34(44)40(33(36)23-46)64-30-5-8-35-32(21-30)41(57)54(26-47-35)29-22-43(63-25-29)13-18-52(19-14-43)39(56)24-51-15-10-27(11-16-51)31-6-4-28(20-37(31)65-66(45,59)60)53-17-12-38(55)48-42(53)58/h4-9,20-21,26-27,29,49H,3,10-19,22,24-25H2,1-2H3,(H,48,55,58). The first kappa shape index (κ1) is 47.2. The van der Waals surface area contributed by atoms with Gasteiger partial charge >= 0.3 is 26.7 Å². The van der Waals surface area contributed by atoms with Crippen LogP contribution in [-0.2, 0) is 35.0 Å². The summed E-state index contributed by atoms with van der Waals surface area (Å²) in [6.07, 6.45) is 4.07. The average Bonchev–Trinajstić information content (AvgIpc) is 3.69. The van der Waals surface area contributed by atoms with Crippen molar-refractivity contribution in [2.75, 3.05) is 69.1 Å². The summed E-state index contributed by atoms with van der Waals surface area (Å²) < 4.78 is 99.1. The van der Waals surface area contributed by atoms with Gasteiger partial charge in [0.2, 0.25) is 11.8 Å². The van der Waals surface area contributed by atoms with Gasteiger partial charge < -0.3 is 18.6 Å². The second-order valence-electron chi connectivity index (χ2n) is 16.9. The zero-order chi connectivity index (χ0) is 47.8. The first-order valence-electron chi connectivity index (χ1n) is 21.5. The van der Waals surface area contributed by atoms with E-state index in [9.17, 15) is 45.2 Å². The van der Waals surface area contributed by atoms with Crippen LogP contribution in [0.3, 0.4) is 0 Å². The number of benzene rings is 3. The summed E-state index contributed by atoms with van der Waals surface area (Å²) in [4.78, 5) is 61.0. The van der Waals surface area contributed by atoms with Gasteiger partial charge in [0.25, 0.3) is 5.56 Å². The Bertz CT molecular complexity index is 2950. The highest BCUT2D eigenvalue weighted by Gasteiger charge is 2.44. The monoisotopic (exact) mass is 967 g/mol. The lowest BCUT2D eigenvalue weighted by molar-refractivity contribution is -0.137. The first-order valence-corrected chi connectivity index (χ1v) is 24.3. The number of nitrogens with zero attached hydrogens (tertiary/aromatic N) is 7. The Kier molecular flexibility index (Phi) is 13.2. The fourth-order valence-electron chi connectivity index (χ4n) is 9.02. The molecule has 4 fully saturated rings. The Hall–Kier alpha value is -6.26. The molecule has 4 amide bonds. The van der Waals surface area contributed by atoms with Crippen molar-refractivity contribution in [1.29, 1.82) is 5.26 Å². The molecular formula is C43H47F2N9O11S2. The van der Waals surface area contributed by atoms with Crippen molar-refractivity contribution in [3.8, 4) is 23.3 Å². The van der Waals surface area contributed by atoms with Crippen molar-refractivity contribution in [2.24, 2.45) is 0 Å². The summed E-state index contributed by atoms with van der Waals surface area (Å²) in [5.74, 6) is -2.43. The number of hydrogen-bond donors (Lipinski definition) is 2. The van der Waals surface area contributed by atoms with E-state index in [1.54, 1.807) is 24.0 Å². The molecule has 0 bridgehead atoms. The lowest BCUT2D eigenvalue weighted by Gasteiger charge is -2.40. The summed E-state index contributed by atoms with van der Waals surface area (Å²) >= 11 is 0. The van der Waals surface area contributed by atoms with Crippen molar-refractivity contribution in [3.63, 3.8) is 0 Å². The van der Waals surface area contributed by atoms with Crippen molar-refractivity contribution in [1.82, 2.24) is 29.0 Å². The van der Waals surface area contributed by atoms with Crippen LogP contribution < -0.4 is 29.4 Å². The van der Waals surface area contributed by atoms with Gasteiger partial charge in [-0.05, 0) is 93.1 Å². The highest BCUT2D eigenvalue weighted by atomic mass is 32.3. The number of rotatable bonds is 13. The maximum Gasteiger partial charge on any atom is 0.488 e. The molecule has 5 heterocycles. The van der Waals surface area contributed by atoms with Crippen molar-refractivity contribution in [2.45, 2.75) is 63.0 Å². The molecule has 1 atom stereocenters. The van der Waals surface area contributed by atoms with E-state index in [1.807, 2.05) is 11.0 Å². The SMILES string of the molecule is CCN(C)S(=O)(=O)Nc1ccc(F)c(Oc2ccc3ncn(C4COC5(CCN(C(=O)CN6CCC(c7ccc(N8CCC(=O)NC8=O)cc7OS(=O)(=O)F)CC6)CC5)C4)c(=O)c3c2)c1C#N. The van der Waals surface area contributed by atoms with Crippen LogP contribution >= 0.6 is 0 Å². The molecular weight excluding hydrogens is 921 g/mol. The minimum absolute atomic E-state index is 0.0116. The maximum absolute atomic E-state index is 15.1. The third kappa shape index (κ3) is 10.2. The molecule has 1 aromatic heterocycles. The van der Waals surface area contributed by atoms with Gasteiger partial charge in [0.05, 0.1) is 47.7 Å². The van der Waals surface area contributed by atoms with Crippen molar-refractivity contribution in [3.05, 3.63) is 82.2 Å². The number of urea groups is 1. The van der Waals surface area contributed by atoms with Gasteiger partial charge in [-0.3, -0.25) is 38.8 Å². The number of aromatic nitrogens is 2.